The van der Waals surface area contributed by atoms with E-state index in [1.54, 1.807) is 0 Å². The Morgan fingerprint density at radius 1 is 1.17 bits per heavy atom. The van der Waals surface area contributed by atoms with Crippen LogP contribution in [0.4, 0.5) is 24.5 Å². The normalized spacial score (nSPS) is 15.6. The SMILES string of the molecule is COc1ccc(S(=O)(=O)N2CC(Nc3ccc(C(F)(F)F)cc3[N+](=O)[O-])C2)cc1. The Morgan fingerprint density at radius 3 is 2.31 bits per heavy atom. The number of nitro groups is 1. The molecule has 0 radical (unpaired) electrons. The second kappa shape index (κ2) is 7.52. The smallest absolute Gasteiger partial charge is 0.416 e. The van der Waals surface area contributed by atoms with Crippen LogP contribution >= 0.6 is 0 Å². The third-order valence-corrected chi connectivity index (χ3v) is 6.27. The molecule has 0 atom stereocenters. The summed E-state index contributed by atoms with van der Waals surface area (Å²) in [7, 11) is -2.30. The number of nitrogens with zero attached hydrogens (tertiary/aromatic N) is 2. The third kappa shape index (κ3) is 4.27. The van der Waals surface area contributed by atoms with Gasteiger partial charge in [0.15, 0.2) is 0 Å². The van der Waals surface area contributed by atoms with Crippen molar-refractivity contribution in [2.24, 2.45) is 0 Å². The van der Waals surface area contributed by atoms with E-state index in [9.17, 15) is 31.7 Å². The lowest BCUT2D eigenvalue weighted by Gasteiger charge is -2.38. The number of halogens is 3. The summed E-state index contributed by atoms with van der Waals surface area (Å²) in [5.41, 5.74) is -1.96. The molecular formula is C17H16F3N3O5S. The van der Waals surface area contributed by atoms with Crippen LogP contribution in [0.2, 0.25) is 0 Å². The first-order valence-corrected chi connectivity index (χ1v) is 9.73. The predicted molar refractivity (Wildman–Crippen MR) is 97.3 cm³/mol. The molecule has 2 aromatic carbocycles. The average molecular weight is 431 g/mol. The highest BCUT2D eigenvalue weighted by Gasteiger charge is 2.38. The molecule has 0 amide bonds. The van der Waals surface area contributed by atoms with E-state index in [0.717, 1.165) is 12.1 Å². The molecule has 0 aromatic heterocycles. The first-order valence-electron chi connectivity index (χ1n) is 8.29. The molecule has 0 unspecified atom stereocenters. The van der Waals surface area contributed by atoms with Gasteiger partial charge in [0.25, 0.3) is 5.69 Å². The number of ether oxygens (including phenoxy) is 1. The average Bonchev–Trinajstić information content (AvgIpc) is 2.63. The standard InChI is InChI=1S/C17H16F3N3O5S/c1-28-13-3-5-14(6-4-13)29(26,27)22-9-12(10-22)21-15-7-2-11(17(18,19)20)8-16(15)23(24)25/h2-8,12,21H,9-10H2,1H3. The molecule has 1 saturated heterocycles. The molecule has 1 fully saturated rings. The van der Waals surface area contributed by atoms with Crippen molar-refractivity contribution in [3.63, 3.8) is 0 Å². The summed E-state index contributed by atoms with van der Waals surface area (Å²) in [5.74, 6) is 0.502. The predicted octanol–water partition coefficient (Wildman–Crippen LogP) is 3.11. The first kappa shape index (κ1) is 20.9. The summed E-state index contributed by atoms with van der Waals surface area (Å²) < 4.78 is 69.6. The van der Waals surface area contributed by atoms with Crippen molar-refractivity contribution in [2.45, 2.75) is 17.1 Å². The largest absolute Gasteiger partial charge is 0.497 e. The lowest BCUT2D eigenvalue weighted by atomic mass is 10.1. The monoisotopic (exact) mass is 431 g/mol. The van der Waals surface area contributed by atoms with Crippen LogP contribution in [0, 0.1) is 10.1 Å². The van der Waals surface area contributed by atoms with Gasteiger partial charge in [-0.2, -0.15) is 17.5 Å². The molecule has 1 aliphatic heterocycles. The highest BCUT2D eigenvalue weighted by molar-refractivity contribution is 7.89. The highest BCUT2D eigenvalue weighted by Crippen LogP contribution is 2.36. The Balaban J connectivity index is 1.71. The van der Waals surface area contributed by atoms with E-state index in [1.807, 2.05) is 0 Å². The number of rotatable bonds is 6. The zero-order valence-electron chi connectivity index (χ0n) is 15.0. The Morgan fingerprint density at radius 2 is 1.79 bits per heavy atom. The number of methoxy groups -OCH3 is 1. The summed E-state index contributed by atoms with van der Waals surface area (Å²) in [6.45, 7) is 0.0408. The maximum atomic E-state index is 12.8. The third-order valence-electron chi connectivity index (χ3n) is 4.43. The van der Waals surface area contributed by atoms with E-state index < -0.39 is 38.4 Å². The van der Waals surface area contributed by atoms with Crippen molar-refractivity contribution in [3.8, 4) is 5.75 Å². The molecule has 1 heterocycles. The van der Waals surface area contributed by atoms with Gasteiger partial charge in [-0.15, -0.1) is 0 Å². The fraction of sp³-hybridized carbons (Fsp3) is 0.294. The van der Waals surface area contributed by atoms with Crippen molar-refractivity contribution in [2.75, 3.05) is 25.5 Å². The van der Waals surface area contributed by atoms with E-state index >= 15 is 0 Å². The number of anilines is 1. The van der Waals surface area contributed by atoms with Crippen molar-refractivity contribution >= 4 is 21.4 Å². The summed E-state index contributed by atoms with van der Waals surface area (Å²) >= 11 is 0. The number of hydrogen-bond acceptors (Lipinski definition) is 6. The van der Waals surface area contributed by atoms with Gasteiger partial charge in [0.2, 0.25) is 10.0 Å². The van der Waals surface area contributed by atoms with Crippen molar-refractivity contribution in [3.05, 3.63) is 58.1 Å². The molecule has 29 heavy (non-hydrogen) atoms. The Labute approximate surface area is 164 Å². The van der Waals surface area contributed by atoms with Crippen LogP contribution in [0.5, 0.6) is 5.75 Å². The molecule has 12 heteroatoms. The molecule has 8 nitrogen and oxygen atoms in total. The minimum atomic E-state index is -4.71. The van der Waals surface area contributed by atoms with Crippen LogP contribution in [0.1, 0.15) is 5.56 Å². The first-order chi connectivity index (χ1) is 13.5. The van der Waals surface area contributed by atoms with Gasteiger partial charge < -0.3 is 10.1 Å². The highest BCUT2D eigenvalue weighted by atomic mass is 32.2. The maximum Gasteiger partial charge on any atom is 0.416 e. The summed E-state index contributed by atoms with van der Waals surface area (Å²) in [6.07, 6.45) is -4.71. The number of sulfonamides is 1. The topological polar surface area (TPSA) is 102 Å². The summed E-state index contributed by atoms with van der Waals surface area (Å²) in [5, 5.41) is 13.9. The zero-order chi connectivity index (χ0) is 21.4. The molecular weight excluding hydrogens is 415 g/mol. The van der Waals surface area contributed by atoms with Gasteiger partial charge in [0, 0.05) is 19.2 Å². The fourth-order valence-corrected chi connectivity index (χ4v) is 4.35. The maximum absolute atomic E-state index is 12.8. The molecule has 0 saturated carbocycles. The van der Waals surface area contributed by atoms with Crippen LogP contribution in [-0.2, 0) is 16.2 Å². The molecule has 2 aromatic rings. The Bertz CT molecular complexity index is 1020. The van der Waals surface area contributed by atoms with Crippen LogP contribution in [0.3, 0.4) is 0 Å². The van der Waals surface area contributed by atoms with Crippen molar-refractivity contribution in [1.82, 2.24) is 4.31 Å². The second-order valence-corrected chi connectivity index (χ2v) is 8.26. The van der Waals surface area contributed by atoms with Crippen LogP contribution in [0.25, 0.3) is 0 Å². The molecule has 0 bridgehead atoms. The van der Waals surface area contributed by atoms with Gasteiger partial charge in [-0.3, -0.25) is 10.1 Å². The van der Waals surface area contributed by atoms with E-state index in [-0.39, 0.29) is 23.7 Å². The summed E-state index contributed by atoms with van der Waals surface area (Å²) in [4.78, 5) is 10.3. The molecule has 1 N–H and O–H groups in total. The minimum Gasteiger partial charge on any atom is -0.497 e. The Hall–Kier alpha value is -2.86. The number of nitro benzene ring substituents is 1. The zero-order valence-corrected chi connectivity index (χ0v) is 15.8. The molecule has 3 rings (SSSR count). The second-order valence-electron chi connectivity index (χ2n) is 6.33. The van der Waals surface area contributed by atoms with E-state index in [1.165, 1.54) is 35.7 Å². The quantitative estimate of drug-likeness (QED) is 0.557. The van der Waals surface area contributed by atoms with E-state index in [4.69, 9.17) is 4.74 Å². The van der Waals surface area contributed by atoms with Gasteiger partial charge in [-0.25, -0.2) is 8.42 Å². The van der Waals surface area contributed by atoms with E-state index in [0.29, 0.717) is 11.8 Å². The fourth-order valence-electron chi connectivity index (χ4n) is 2.82. The molecule has 0 spiro atoms. The number of nitrogens with one attached hydrogen (secondary N) is 1. The van der Waals surface area contributed by atoms with Crippen LogP contribution in [0.15, 0.2) is 47.4 Å². The van der Waals surface area contributed by atoms with Gasteiger partial charge in [-0.05, 0) is 36.4 Å². The number of hydrogen-bond donors (Lipinski definition) is 1. The summed E-state index contributed by atoms with van der Waals surface area (Å²) in [6, 6.07) is 7.50. The van der Waals surface area contributed by atoms with Gasteiger partial charge >= 0.3 is 6.18 Å². The van der Waals surface area contributed by atoms with Gasteiger partial charge in [0.05, 0.1) is 28.5 Å². The molecule has 0 aliphatic carbocycles. The van der Waals surface area contributed by atoms with Crippen LogP contribution in [-0.4, -0.2) is 43.9 Å². The Kier molecular flexibility index (Phi) is 5.41. The van der Waals surface area contributed by atoms with Crippen molar-refractivity contribution < 1.29 is 31.2 Å². The van der Waals surface area contributed by atoms with Crippen LogP contribution < -0.4 is 10.1 Å². The lowest BCUT2D eigenvalue weighted by Crippen LogP contribution is -2.56. The molecule has 1 aliphatic rings. The minimum absolute atomic E-state index is 0.0204. The molecule has 156 valence electrons. The van der Waals surface area contributed by atoms with E-state index in [2.05, 4.69) is 5.32 Å². The van der Waals surface area contributed by atoms with Gasteiger partial charge in [0.1, 0.15) is 11.4 Å². The van der Waals surface area contributed by atoms with Crippen molar-refractivity contribution in [1.29, 1.82) is 0 Å². The number of benzene rings is 2. The van der Waals surface area contributed by atoms with Gasteiger partial charge in [-0.1, -0.05) is 0 Å². The number of alkyl halides is 3. The lowest BCUT2D eigenvalue weighted by molar-refractivity contribution is -0.384.